The van der Waals surface area contributed by atoms with Crippen molar-refractivity contribution in [2.75, 3.05) is 33.4 Å². The Bertz CT molecular complexity index is 894. The second-order valence-corrected chi connectivity index (χ2v) is 7.98. The van der Waals surface area contributed by atoms with E-state index in [0.29, 0.717) is 38.6 Å². The summed E-state index contributed by atoms with van der Waals surface area (Å²) < 4.78 is 37.5. The Morgan fingerprint density at radius 1 is 1.15 bits per heavy atom. The molecule has 8 heteroatoms. The number of carbonyl (C=O) groups excluding carboxylic acids is 1. The number of sulfonamides is 1. The Balaban J connectivity index is 1.83. The molecule has 0 bridgehead atoms. The first-order valence-corrected chi connectivity index (χ1v) is 10.0. The van der Waals surface area contributed by atoms with Crippen molar-refractivity contribution >= 4 is 15.9 Å². The number of amides is 1. The van der Waals surface area contributed by atoms with Gasteiger partial charge >= 0.3 is 0 Å². The number of rotatable bonds is 6. The second kappa shape index (κ2) is 8.51. The maximum Gasteiger partial charge on any atom is 0.255 e. The molecule has 7 nitrogen and oxygen atoms in total. The van der Waals surface area contributed by atoms with Crippen molar-refractivity contribution in [1.29, 1.82) is 0 Å². The van der Waals surface area contributed by atoms with Gasteiger partial charge in [0.05, 0.1) is 30.8 Å². The molecule has 1 fully saturated rings. The van der Waals surface area contributed by atoms with E-state index < -0.39 is 15.9 Å². The summed E-state index contributed by atoms with van der Waals surface area (Å²) in [7, 11) is -2.25. The van der Waals surface area contributed by atoms with E-state index >= 15 is 0 Å². The molecular weight excluding hydrogens is 368 g/mol. The average molecular weight is 390 g/mol. The lowest BCUT2D eigenvalue weighted by Gasteiger charge is -2.26. The predicted molar refractivity (Wildman–Crippen MR) is 100 cm³/mol. The van der Waals surface area contributed by atoms with Crippen LogP contribution in [0.4, 0.5) is 0 Å². The fourth-order valence-corrected chi connectivity index (χ4v) is 4.27. The fourth-order valence-electron chi connectivity index (χ4n) is 2.83. The van der Waals surface area contributed by atoms with Crippen molar-refractivity contribution in [3.63, 3.8) is 0 Å². The minimum atomic E-state index is -3.69. The van der Waals surface area contributed by atoms with Gasteiger partial charge in [0.25, 0.3) is 5.91 Å². The van der Waals surface area contributed by atoms with Crippen LogP contribution in [0.25, 0.3) is 0 Å². The van der Waals surface area contributed by atoms with Crippen LogP contribution in [0.5, 0.6) is 5.75 Å². The summed E-state index contributed by atoms with van der Waals surface area (Å²) in [6, 6.07) is 13.8. The molecule has 1 heterocycles. The van der Waals surface area contributed by atoms with Crippen LogP contribution < -0.4 is 10.1 Å². The molecule has 3 rings (SSSR count). The highest BCUT2D eigenvalue weighted by Gasteiger charge is 2.28. The first kappa shape index (κ1) is 19.3. The minimum absolute atomic E-state index is 0.0649. The number of ether oxygens (including phenoxy) is 2. The molecule has 1 aliphatic heterocycles. The third kappa shape index (κ3) is 4.47. The molecule has 0 spiro atoms. The van der Waals surface area contributed by atoms with E-state index in [1.807, 2.05) is 30.3 Å². The first-order valence-electron chi connectivity index (χ1n) is 8.60. The van der Waals surface area contributed by atoms with Crippen molar-refractivity contribution in [1.82, 2.24) is 9.62 Å². The van der Waals surface area contributed by atoms with Crippen LogP contribution >= 0.6 is 0 Å². The summed E-state index contributed by atoms with van der Waals surface area (Å²) in [6.07, 6.45) is 0. The van der Waals surface area contributed by atoms with Gasteiger partial charge in [0.1, 0.15) is 5.75 Å². The van der Waals surface area contributed by atoms with E-state index in [1.165, 1.54) is 29.6 Å². The number of carbonyl (C=O) groups is 1. The quantitative estimate of drug-likeness (QED) is 0.811. The van der Waals surface area contributed by atoms with Gasteiger partial charge in [-0.3, -0.25) is 4.79 Å². The van der Waals surface area contributed by atoms with E-state index in [0.717, 1.165) is 5.56 Å². The van der Waals surface area contributed by atoms with Gasteiger partial charge in [0.15, 0.2) is 0 Å². The highest BCUT2D eigenvalue weighted by molar-refractivity contribution is 7.89. The molecule has 0 atom stereocenters. The zero-order valence-electron chi connectivity index (χ0n) is 15.1. The Hall–Kier alpha value is -2.42. The standard InChI is InChI=1S/C19H22N2O5S/c1-25-18-8-7-16(27(23,24)21-9-11-26-12-10-21)13-17(18)19(22)20-14-15-5-3-2-4-6-15/h2-8,13H,9-12,14H2,1H3,(H,20,22). The zero-order chi connectivity index (χ0) is 19.3. The van der Waals surface area contributed by atoms with Gasteiger partial charge in [-0.1, -0.05) is 30.3 Å². The molecular formula is C19H22N2O5S. The first-order chi connectivity index (χ1) is 13.0. The predicted octanol–water partition coefficient (Wildman–Crippen LogP) is 1.65. The Morgan fingerprint density at radius 2 is 1.85 bits per heavy atom. The normalized spacial score (nSPS) is 15.3. The van der Waals surface area contributed by atoms with Crippen LogP contribution in [0.3, 0.4) is 0 Å². The zero-order valence-corrected chi connectivity index (χ0v) is 15.9. The van der Waals surface area contributed by atoms with Gasteiger partial charge < -0.3 is 14.8 Å². The second-order valence-electron chi connectivity index (χ2n) is 6.05. The number of methoxy groups -OCH3 is 1. The lowest BCUT2D eigenvalue weighted by molar-refractivity contribution is 0.0730. The third-order valence-electron chi connectivity index (χ3n) is 4.32. The molecule has 2 aromatic carbocycles. The van der Waals surface area contributed by atoms with Crippen molar-refractivity contribution in [2.24, 2.45) is 0 Å². The lowest BCUT2D eigenvalue weighted by Crippen LogP contribution is -2.40. The molecule has 144 valence electrons. The van der Waals surface area contributed by atoms with Gasteiger partial charge in [-0.05, 0) is 23.8 Å². The van der Waals surface area contributed by atoms with E-state index in [1.54, 1.807) is 0 Å². The van der Waals surface area contributed by atoms with E-state index in [4.69, 9.17) is 9.47 Å². The van der Waals surface area contributed by atoms with Crippen LogP contribution in [-0.4, -0.2) is 52.0 Å². The SMILES string of the molecule is COc1ccc(S(=O)(=O)N2CCOCC2)cc1C(=O)NCc1ccccc1. The molecule has 2 aromatic rings. The van der Waals surface area contributed by atoms with E-state index in [2.05, 4.69) is 5.32 Å². The third-order valence-corrected chi connectivity index (χ3v) is 6.21. The van der Waals surface area contributed by atoms with Crippen LogP contribution in [0.1, 0.15) is 15.9 Å². The topological polar surface area (TPSA) is 84.9 Å². The van der Waals surface area contributed by atoms with Crippen LogP contribution in [0, 0.1) is 0 Å². The number of hydrogen-bond acceptors (Lipinski definition) is 5. The number of nitrogens with zero attached hydrogens (tertiary/aromatic N) is 1. The Kier molecular flexibility index (Phi) is 6.10. The molecule has 0 radical (unpaired) electrons. The number of benzene rings is 2. The van der Waals surface area contributed by atoms with Crippen molar-refractivity contribution < 1.29 is 22.7 Å². The minimum Gasteiger partial charge on any atom is -0.496 e. The number of nitrogens with one attached hydrogen (secondary N) is 1. The fraction of sp³-hybridized carbons (Fsp3) is 0.316. The smallest absolute Gasteiger partial charge is 0.255 e. The maximum absolute atomic E-state index is 12.8. The molecule has 0 unspecified atom stereocenters. The molecule has 1 saturated heterocycles. The summed E-state index contributed by atoms with van der Waals surface area (Å²) in [4.78, 5) is 12.7. The van der Waals surface area contributed by atoms with Crippen LogP contribution in [0.15, 0.2) is 53.4 Å². The summed E-state index contributed by atoms with van der Waals surface area (Å²) in [5.41, 5.74) is 1.13. The van der Waals surface area contributed by atoms with Crippen molar-refractivity contribution in [2.45, 2.75) is 11.4 Å². The molecule has 1 N–H and O–H groups in total. The van der Waals surface area contributed by atoms with Crippen molar-refractivity contribution in [3.05, 3.63) is 59.7 Å². The number of hydrogen-bond donors (Lipinski definition) is 1. The van der Waals surface area contributed by atoms with Crippen LogP contribution in [-0.2, 0) is 21.3 Å². The highest BCUT2D eigenvalue weighted by Crippen LogP contribution is 2.25. The van der Waals surface area contributed by atoms with E-state index in [9.17, 15) is 13.2 Å². The lowest BCUT2D eigenvalue weighted by atomic mass is 10.1. The molecule has 0 aliphatic carbocycles. The number of morpholine rings is 1. The summed E-state index contributed by atoms with van der Waals surface area (Å²) in [5, 5.41) is 2.80. The van der Waals surface area contributed by atoms with Gasteiger partial charge in [-0.25, -0.2) is 8.42 Å². The largest absolute Gasteiger partial charge is 0.496 e. The monoisotopic (exact) mass is 390 g/mol. The van der Waals surface area contributed by atoms with Crippen molar-refractivity contribution in [3.8, 4) is 5.75 Å². The summed E-state index contributed by atoms with van der Waals surface area (Å²) >= 11 is 0. The van der Waals surface area contributed by atoms with Crippen LogP contribution in [0.2, 0.25) is 0 Å². The molecule has 27 heavy (non-hydrogen) atoms. The average Bonchev–Trinajstić information content (AvgIpc) is 2.73. The van der Waals surface area contributed by atoms with Gasteiger partial charge in [-0.15, -0.1) is 0 Å². The maximum atomic E-state index is 12.8. The van der Waals surface area contributed by atoms with E-state index in [-0.39, 0.29) is 10.5 Å². The summed E-state index contributed by atoms with van der Waals surface area (Å²) in [5.74, 6) is -0.0729. The van der Waals surface area contributed by atoms with Gasteiger partial charge in [0, 0.05) is 19.6 Å². The molecule has 0 aromatic heterocycles. The molecule has 1 aliphatic rings. The van der Waals surface area contributed by atoms with Gasteiger partial charge in [0.2, 0.25) is 10.0 Å². The molecule has 0 saturated carbocycles. The Morgan fingerprint density at radius 3 is 2.52 bits per heavy atom. The summed E-state index contributed by atoms with van der Waals surface area (Å²) in [6.45, 7) is 1.65. The molecule has 1 amide bonds. The Labute approximate surface area is 158 Å². The highest BCUT2D eigenvalue weighted by atomic mass is 32.2. The van der Waals surface area contributed by atoms with Gasteiger partial charge in [-0.2, -0.15) is 4.31 Å².